The van der Waals surface area contributed by atoms with Gasteiger partial charge in [-0.2, -0.15) is 9.97 Å². The second kappa shape index (κ2) is 10.6. The van der Waals surface area contributed by atoms with Gasteiger partial charge >= 0.3 is 5.97 Å². The number of aromatic nitrogens is 4. The lowest BCUT2D eigenvalue weighted by Gasteiger charge is -2.16. The number of hydrogen-bond donors (Lipinski definition) is 4. The Kier molecular flexibility index (Phi) is 8.85. The van der Waals surface area contributed by atoms with Gasteiger partial charge in [-0.05, 0) is 12.8 Å². The molecule has 11 nitrogen and oxygen atoms in total. The van der Waals surface area contributed by atoms with E-state index < -0.39 is 0 Å². The quantitative estimate of drug-likeness (QED) is 0.529. The number of aliphatic hydroxyl groups is 2. The molecule has 6 N–H and O–H groups in total. The zero-order valence-electron chi connectivity index (χ0n) is 16.0. The van der Waals surface area contributed by atoms with Gasteiger partial charge in [0.25, 0.3) is 0 Å². The standard InChI is InChI=1S/C14H20N6O3.2CH4O/c1-7(2)13(21)22-5-8-3-4-9(23-8)20-6-17-10-11(15)18-14(16)19-12(10)20;2*1-2/h6-9H,3-5H2,1-2H3,(H4,15,16,18,19);2*2H,1H3. The third kappa shape index (κ3) is 5.49. The number of anilines is 2. The molecular formula is C16H28N6O5. The van der Waals surface area contributed by atoms with E-state index in [1.54, 1.807) is 24.7 Å². The molecule has 2 aromatic heterocycles. The number of aliphatic hydroxyl groups excluding tert-OH is 2. The van der Waals surface area contributed by atoms with E-state index in [1.807, 2.05) is 0 Å². The monoisotopic (exact) mass is 384 g/mol. The van der Waals surface area contributed by atoms with Crippen LogP contribution >= 0.6 is 0 Å². The fourth-order valence-corrected chi connectivity index (χ4v) is 2.52. The molecular weight excluding hydrogens is 356 g/mol. The lowest BCUT2D eigenvalue weighted by molar-refractivity contribution is -0.152. The SMILES string of the molecule is CC(C)C(=O)OCC1CCC(n2cnc3c(N)nc(N)nc32)O1.CO.CO. The first-order chi connectivity index (χ1) is 13.0. The van der Waals surface area contributed by atoms with Crippen molar-refractivity contribution in [3.8, 4) is 0 Å². The Balaban J connectivity index is 0.000000855. The van der Waals surface area contributed by atoms with Gasteiger partial charge in [-0.1, -0.05) is 13.8 Å². The average Bonchev–Trinajstić information content (AvgIpc) is 3.29. The van der Waals surface area contributed by atoms with Gasteiger partial charge in [-0.3, -0.25) is 9.36 Å². The molecule has 0 bridgehead atoms. The van der Waals surface area contributed by atoms with Gasteiger partial charge < -0.3 is 31.2 Å². The molecule has 1 saturated heterocycles. The van der Waals surface area contributed by atoms with Crippen LogP contribution in [-0.4, -0.2) is 62.6 Å². The Bertz CT molecular complexity index is 735. The fraction of sp³-hybridized carbons (Fsp3) is 0.625. The molecule has 2 atom stereocenters. The molecule has 0 amide bonds. The molecule has 1 aliphatic heterocycles. The molecule has 2 aromatic rings. The molecule has 0 radical (unpaired) electrons. The minimum absolute atomic E-state index is 0.0946. The van der Waals surface area contributed by atoms with Crippen molar-refractivity contribution in [2.45, 2.75) is 39.0 Å². The Labute approximate surface area is 157 Å². The summed E-state index contributed by atoms with van der Waals surface area (Å²) >= 11 is 0. The van der Waals surface area contributed by atoms with Crippen LogP contribution in [0.25, 0.3) is 11.2 Å². The molecule has 152 valence electrons. The van der Waals surface area contributed by atoms with Crippen LogP contribution in [0.5, 0.6) is 0 Å². The lowest BCUT2D eigenvalue weighted by atomic mass is 10.2. The number of imidazole rings is 1. The highest BCUT2D eigenvalue weighted by Crippen LogP contribution is 2.31. The Morgan fingerprint density at radius 2 is 1.96 bits per heavy atom. The van der Waals surface area contributed by atoms with Crippen LogP contribution in [0, 0.1) is 5.92 Å². The van der Waals surface area contributed by atoms with Gasteiger partial charge in [-0.15, -0.1) is 0 Å². The molecule has 0 saturated carbocycles. The van der Waals surface area contributed by atoms with Crippen LogP contribution in [0.3, 0.4) is 0 Å². The first kappa shape index (κ1) is 22.5. The minimum atomic E-state index is -0.239. The van der Waals surface area contributed by atoms with E-state index in [0.29, 0.717) is 11.2 Å². The maximum absolute atomic E-state index is 11.5. The molecule has 0 aliphatic carbocycles. The molecule has 3 rings (SSSR count). The second-order valence-electron chi connectivity index (χ2n) is 5.87. The first-order valence-corrected chi connectivity index (χ1v) is 8.42. The molecule has 11 heteroatoms. The van der Waals surface area contributed by atoms with Gasteiger partial charge in [-0.25, -0.2) is 4.98 Å². The molecule has 1 fully saturated rings. The summed E-state index contributed by atoms with van der Waals surface area (Å²) in [6.07, 6.45) is 2.78. The van der Waals surface area contributed by atoms with Crippen LogP contribution in [0.1, 0.15) is 32.9 Å². The molecule has 1 aliphatic rings. The van der Waals surface area contributed by atoms with Gasteiger partial charge in [0.05, 0.1) is 18.3 Å². The van der Waals surface area contributed by atoms with Crippen molar-refractivity contribution in [1.29, 1.82) is 0 Å². The number of ether oxygens (including phenoxy) is 2. The number of nitrogens with two attached hydrogens (primary N) is 2. The van der Waals surface area contributed by atoms with E-state index in [1.165, 1.54) is 0 Å². The van der Waals surface area contributed by atoms with E-state index >= 15 is 0 Å². The van der Waals surface area contributed by atoms with Crippen LogP contribution < -0.4 is 11.5 Å². The zero-order chi connectivity index (χ0) is 20.6. The van der Waals surface area contributed by atoms with Crippen LogP contribution in [-0.2, 0) is 14.3 Å². The number of rotatable bonds is 4. The van der Waals surface area contributed by atoms with Crippen LogP contribution in [0.4, 0.5) is 11.8 Å². The summed E-state index contributed by atoms with van der Waals surface area (Å²) in [6.45, 7) is 3.85. The smallest absolute Gasteiger partial charge is 0.308 e. The Morgan fingerprint density at radius 3 is 2.59 bits per heavy atom. The van der Waals surface area contributed by atoms with E-state index in [-0.39, 0.29) is 42.6 Å². The van der Waals surface area contributed by atoms with Crippen molar-refractivity contribution < 1.29 is 24.5 Å². The zero-order valence-corrected chi connectivity index (χ0v) is 16.0. The summed E-state index contributed by atoms with van der Waals surface area (Å²) in [4.78, 5) is 23.8. The third-order valence-electron chi connectivity index (χ3n) is 3.74. The normalized spacial score (nSPS) is 18.5. The topological polar surface area (TPSA) is 172 Å². The number of carbonyl (C=O) groups is 1. The average molecular weight is 384 g/mol. The van der Waals surface area contributed by atoms with Crippen LogP contribution in [0.2, 0.25) is 0 Å². The highest BCUT2D eigenvalue weighted by atomic mass is 16.6. The summed E-state index contributed by atoms with van der Waals surface area (Å²) in [5, 5.41) is 14.0. The summed E-state index contributed by atoms with van der Waals surface area (Å²) < 4.78 is 12.9. The maximum Gasteiger partial charge on any atom is 0.308 e. The summed E-state index contributed by atoms with van der Waals surface area (Å²) in [7, 11) is 2.00. The van der Waals surface area contributed by atoms with Crippen molar-refractivity contribution in [2.75, 3.05) is 32.3 Å². The van der Waals surface area contributed by atoms with Gasteiger partial charge in [0.15, 0.2) is 11.5 Å². The molecule has 2 unspecified atom stereocenters. The predicted molar refractivity (Wildman–Crippen MR) is 99.4 cm³/mol. The van der Waals surface area contributed by atoms with Crippen molar-refractivity contribution in [3.05, 3.63) is 6.33 Å². The Hall–Kier alpha value is -2.50. The van der Waals surface area contributed by atoms with Crippen molar-refractivity contribution in [1.82, 2.24) is 19.5 Å². The van der Waals surface area contributed by atoms with E-state index in [0.717, 1.165) is 27.1 Å². The number of carbonyl (C=O) groups excluding carboxylic acids is 1. The van der Waals surface area contributed by atoms with Crippen molar-refractivity contribution in [2.24, 2.45) is 5.92 Å². The fourth-order valence-electron chi connectivity index (χ4n) is 2.52. The summed E-state index contributed by atoms with van der Waals surface area (Å²) in [5.74, 6) is -0.0327. The van der Waals surface area contributed by atoms with Crippen LogP contribution in [0.15, 0.2) is 6.33 Å². The maximum atomic E-state index is 11.5. The highest BCUT2D eigenvalue weighted by Gasteiger charge is 2.29. The van der Waals surface area contributed by atoms with Crippen molar-refractivity contribution >= 4 is 28.9 Å². The third-order valence-corrected chi connectivity index (χ3v) is 3.74. The van der Waals surface area contributed by atoms with Gasteiger partial charge in [0.2, 0.25) is 5.95 Å². The number of fused-ring (bicyclic) bond motifs is 1. The largest absolute Gasteiger partial charge is 0.463 e. The molecule has 0 aromatic carbocycles. The first-order valence-electron chi connectivity index (χ1n) is 8.42. The molecule has 3 heterocycles. The molecule has 0 spiro atoms. The number of esters is 1. The summed E-state index contributed by atoms with van der Waals surface area (Å²) in [6, 6.07) is 0. The lowest BCUT2D eigenvalue weighted by Crippen LogP contribution is -2.21. The predicted octanol–water partition coefficient (Wildman–Crippen LogP) is 0.0845. The number of hydrogen-bond acceptors (Lipinski definition) is 10. The van der Waals surface area contributed by atoms with Gasteiger partial charge in [0.1, 0.15) is 18.4 Å². The molecule has 27 heavy (non-hydrogen) atoms. The minimum Gasteiger partial charge on any atom is -0.463 e. The number of nitrogen functional groups attached to an aromatic ring is 2. The van der Waals surface area contributed by atoms with E-state index in [9.17, 15) is 4.79 Å². The van der Waals surface area contributed by atoms with Gasteiger partial charge in [0, 0.05) is 14.2 Å². The van der Waals surface area contributed by atoms with E-state index in [4.69, 9.17) is 31.2 Å². The number of nitrogens with zero attached hydrogens (tertiary/aromatic N) is 4. The highest BCUT2D eigenvalue weighted by molar-refractivity contribution is 5.82. The van der Waals surface area contributed by atoms with Crippen molar-refractivity contribution in [3.63, 3.8) is 0 Å². The summed E-state index contributed by atoms with van der Waals surface area (Å²) in [5.41, 5.74) is 12.5. The second-order valence-corrected chi connectivity index (χ2v) is 5.87. The Morgan fingerprint density at radius 1 is 1.30 bits per heavy atom. The van der Waals surface area contributed by atoms with E-state index in [2.05, 4.69) is 15.0 Å².